The van der Waals surface area contributed by atoms with Gasteiger partial charge in [-0.1, -0.05) is 12.8 Å². The number of carbonyl (C=O) groups excluding carboxylic acids is 1. The molecule has 0 amide bonds. The number of ether oxygens (including phenoxy) is 1. The lowest BCUT2D eigenvalue weighted by Gasteiger charge is -2.26. The van der Waals surface area contributed by atoms with Crippen LogP contribution in [0.1, 0.15) is 45.4 Å². The van der Waals surface area contributed by atoms with Gasteiger partial charge in [0.1, 0.15) is 6.04 Å². The Bertz CT molecular complexity index is 473. The van der Waals surface area contributed by atoms with Gasteiger partial charge in [-0.05, 0) is 32.6 Å². The molecule has 2 aliphatic rings. The molecule has 2 N–H and O–H groups in total. The predicted octanol–water partition coefficient (Wildman–Crippen LogP) is 0.153. The number of nitrogens with zero attached hydrogens (tertiary/aromatic N) is 1. The number of hydrogen-bond acceptors (Lipinski definition) is 5. The van der Waals surface area contributed by atoms with E-state index in [-0.39, 0.29) is 13.2 Å². The summed E-state index contributed by atoms with van der Waals surface area (Å²) in [6, 6.07) is -0.749. The van der Waals surface area contributed by atoms with Crippen LogP contribution in [-0.4, -0.2) is 55.1 Å². The lowest BCUT2D eigenvalue weighted by molar-refractivity contribution is -0.146. The molecule has 0 radical (unpaired) electrons. The maximum atomic E-state index is 12.3. The summed E-state index contributed by atoms with van der Waals surface area (Å²) < 4.78 is 33.2. The highest BCUT2D eigenvalue weighted by Crippen LogP contribution is 2.29. The van der Waals surface area contributed by atoms with Gasteiger partial charge in [-0.3, -0.25) is 4.79 Å². The van der Waals surface area contributed by atoms with Crippen molar-refractivity contribution in [2.75, 3.05) is 19.7 Å². The molecular weight excluding hydrogens is 296 g/mol. The van der Waals surface area contributed by atoms with Crippen LogP contribution in [-0.2, 0) is 19.7 Å². The van der Waals surface area contributed by atoms with Crippen LogP contribution in [0.25, 0.3) is 0 Å². The minimum atomic E-state index is -3.78. The number of aliphatic hydroxyl groups is 1. The van der Waals surface area contributed by atoms with Crippen molar-refractivity contribution < 1.29 is 23.1 Å². The lowest BCUT2D eigenvalue weighted by Crippen LogP contribution is -2.50. The van der Waals surface area contributed by atoms with Gasteiger partial charge < -0.3 is 9.84 Å². The molecule has 21 heavy (non-hydrogen) atoms. The van der Waals surface area contributed by atoms with Crippen LogP contribution in [0.4, 0.5) is 0 Å². The Morgan fingerprint density at radius 2 is 2.05 bits per heavy atom. The monoisotopic (exact) mass is 320 g/mol. The molecule has 8 heteroatoms. The van der Waals surface area contributed by atoms with E-state index in [1.807, 2.05) is 0 Å². The van der Waals surface area contributed by atoms with E-state index < -0.39 is 27.8 Å². The Morgan fingerprint density at radius 3 is 2.67 bits per heavy atom. The van der Waals surface area contributed by atoms with Gasteiger partial charge in [-0.2, -0.15) is 17.4 Å². The normalized spacial score (nSPS) is 26.1. The Balaban J connectivity index is 1.99. The van der Waals surface area contributed by atoms with Gasteiger partial charge >= 0.3 is 5.97 Å². The highest BCUT2D eigenvalue weighted by molar-refractivity contribution is 7.87. The molecular formula is C13H24N2O5S. The molecule has 0 aromatic carbocycles. The Hall–Kier alpha value is -0.700. The summed E-state index contributed by atoms with van der Waals surface area (Å²) >= 11 is 0. The number of carbonyl (C=O) groups is 1. The molecule has 1 atom stereocenters. The van der Waals surface area contributed by atoms with E-state index in [0.717, 1.165) is 17.1 Å². The molecule has 1 aliphatic heterocycles. The first-order chi connectivity index (χ1) is 9.88. The van der Waals surface area contributed by atoms with E-state index >= 15 is 0 Å². The molecule has 1 heterocycles. The molecule has 2 fully saturated rings. The fourth-order valence-corrected chi connectivity index (χ4v) is 4.53. The van der Waals surface area contributed by atoms with E-state index in [9.17, 15) is 18.3 Å². The van der Waals surface area contributed by atoms with Crippen LogP contribution < -0.4 is 4.72 Å². The van der Waals surface area contributed by atoms with Crippen LogP contribution in [0.5, 0.6) is 0 Å². The van der Waals surface area contributed by atoms with E-state index in [2.05, 4.69) is 4.72 Å². The first kappa shape index (κ1) is 16.7. The second-order valence-corrected chi connectivity index (χ2v) is 7.49. The average Bonchev–Trinajstić information content (AvgIpc) is 3.06. The third kappa shape index (κ3) is 3.94. The van der Waals surface area contributed by atoms with Gasteiger partial charge in [0.05, 0.1) is 12.2 Å². The Morgan fingerprint density at radius 1 is 1.38 bits per heavy atom. The Kier molecular flexibility index (Phi) is 5.24. The fourth-order valence-electron chi connectivity index (χ4n) is 3.02. The topological polar surface area (TPSA) is 95.9 Å². The van der Waals surface area contributed by atoms with Crippen molar-refractivity contribution in [1.82, 2.24) is 9.03 Å². The predicted molar refractivity (Wildman–Crippen MR) is 76.7 cm³/mol. The molecule has 1 unspecified atom stereocenters. The number of rotatable bonds is 6. The minimum Gasteiger partial charge on any atom is -0.465 e. The SMILES string of the molecule is CCOC(=O)C1CCCN1S(=O)(=O)NCC1(O)CCCC1. The van der Waals surface area contributed by atoms with E-state index in [0.29, 0.717) is 32.2 Å². The summed E-state index contributed by atoms with van der Waals surface area (Å²) in [4.78, 5) is 11.8. The van der Waals surface area contributed by atoms with Crippen molar-refractivity contribution >= 4 is 16.2 Å². The largest absolute Gasteiger partial charge is 0.465 e. The summed E-state index contributed by atoms with van der Waals surface area (Å²) in [7, 11) is -3.78. The van der Waals surface area contributed by atoms with Crippen LogP contribution in [0.3, 0.4) is 0 Å². The summed E-state index contributed by atoms with van der Waals surface area (Å²) in [6.45, 7) is 2.23. The standard InChI is InChI=1S/C13H24N2O5S/c1-2-20-12(16)11-6-5-9-15(11)21(18,19)14-10-13(17)7-3-4-8-13/h11,14,17H,2-10H2,1H3. The molecule has 0 spiro atoms. The van der Waals surface area contributed by atoms with E-state index in [1.165, 1.54) is 0 Å². The van der Waals surface area contributed by atoms with E-state index in [4.69, 9.17) is 4.74 Å². The first-order valence-corrected chi connectivity index (χ1v) is 8.97. The molecule has 0 bridgehead atoms. The zero-order valence-electron chi connectivity index (χ0n) is 12.4. The van der Waals surface area contributed by atoms with Gasteiger partial charge in [0.25, 0.3) is 10.2 Å². The average molecular weight is 320 g/mol. The van der Waals surface area contributed by atoms with E-state index in [1.54, 1.807) is 6.92 Å². The van der Waals surface area contributed by atoms with Crippen LogP contribution >= 0.6 is 0 Å². The first-order valence-electron chi connectivity index (χ1n) is 7.53. The van der Waals surface area contributed by atoms with Crippen molar-refractivity contribution in [2.45, 2.75) is 57.1 Å². The zero-order chi connectivity index (χ0) is 15.5. The second kappa shape index (κ2) is 6.60. The molecule has 7 nitrogen and oxygen atoms in total. The van der Waals surface area contributed by atoms with Crippen LogP contribution in [0.15, 0.2) is 0 Å². The summed E-state index contributed by atoms with van der Waals surface area (Å²) in [5.74, 6) is -0.500. The maximum absolute atomic E-state index is 12.3. The van der Waals surface area contributed by atoms with Crippen molar-refractivity contribution in [2.24, 2.45) is 0 Å². The number of esters is 1. The van der Waals surface area contributed by atoms with Crippen molar-refractivity contribution in [3.8, 4) is 0 Å². The summed E-state index contributed by atoms with van der Waals surface area (Å²) in [5.41, 5.74) is -0.952. The summed E-state index contributed by atoms with van der Waals surface area (Å²) in [5, 5.41) is 10.2. The third-order valence-electron chi connectivity index (χ3n) is 4.19. The second-order valence-electron chi connectivity index (χ2n) is 5.78. The van der Waals surface area contributed by atoms with Crippen molar-refractivity contribution in [3.63, 3.8) is 0 Å². The van der Waals surface area contributed by atoms with Gasteiger partial charge in [0.2, 0.25) is 0 Å². The number of nitrogens with one attached hydrogen (secondary N) is 1. The molecule has 0 aromatic rings. The van der Waals surface area contributed by atoms with Gasteiger partial charge in [-0.15, -0.1) is 0 Å². The van der Waals surface area contributed by atoms with Gasteiger partial charge in [0.15, 0.2) is 0 Å². The van der Waals surface area contributed by atoms with Crippen LogP contribution in [0.2, 0.25) is 0 Å². The molecule has 1 saturated heterocycles. The molecule has 2 rings (SSSR count). The van der Waals surface area contributed by atoms with Gasteiger partial charge in [-0.25, -0.2) is 0 Å². The smallest absolute Gasteiger partial charge is 0.324 e. The van der Waals surface area contributed by atoms with Crippen LogP contribution in [0, 0.1) is 0 Å². The molecule has 0 aromatic heterocycles. The highest BCUT2D eigenvalue weighted by atomic mass is 32.2. The number of hydrogen-bond donors (Lipinski definition) is 2. The Labute approximate surface area is 125 Å². The highest BCUT2D eigenvalue weighted by Gasteiger charge is 2.41. The van der Waals surface area contributed by atoms with Crippen molar-refractivity contribution in [3.05, 3.63) is 0 Å². The van der Waals surface area contributed by atoms with Crippen molar-refractivity contribution in [1.29, 1.82) is 0 Å². The fraction of sp³-hybridized carbons (Fsp3) is 0.923. The molecule has 1 aliphatic carbocycles. The van der Waals surface area contributed by atoms with Gasteiger partial charge in [0, 0.05) is 13.1 Å². The molecule has 122 valence electrons. The maximum Gasteiger partial charge on any atom is 0.324 e. The zero-order valence-corrected chi connectivity index (χ0v) is 13.2. The summed E-state index contributed by atoms with van der Waals surface area (Å²) in [6.07, 6.45) is 4.15. The lowest BCUT2D eigenvalue weighted by atomic mass is 10.0. The quantitative estimate of drug-likeness (QED) is 0.679. The minimum absolute atomic E-state index is 0.00137. The molecule has 1 saturated carbocycles. The third-order valence-corrected chi connectivity index (χ3v) is 5.75.